The SMILES string of the molecule is CC(=O)N[C@H]1[C@H](OOCCCNS(=O)(=O)c2ccc(Cn3cc[n+](C)c3)cc2)O[C@H](CO)[C@@H](O)[C@@H]1O. The summed E-state index contributed by atoms with van der Waals surface area (Å²) in [4.78, 5) is 21.7. The molecule has 1 aliphatic rings. The van der Waals surface area contributed by atoms with E-state index in [4.69, 9.17) is 14.5 Å². The summed E-state index contributed by atoms with van der Waals surface area (Å²) in [5, 5.41) is 31.9. The molecule has 5 atom stereocenters. The second-order valence-corrected chi connectivity index (χ2v) is 10.3. The first-order valence-corrected chi connectivity index (χ1v) is 12.9. The van der Waals surface area contributed by atoms with E-state index in [1.54, 1.807) is 24.3 Å². The van der Waals surface area contributed by atoms with Gasteiger partial charge in [-0.05, 0) is 24.1 Å². The molecule has 200 valence electrons. The van der Waals surface area contributed by atoms with Crippen molar-refractivity contribution < 1.29 is 47.6 Å². The van der Waals surface area contributed by atoms with E-state index in [0.717, 1.165) is 5.56 Å². The Bertz CT molecular complexity index is 1090. The standard InChI is InChI=1S/C22H32N4O9S/c1-15(28)24-19-21(30)20(29)18(13-27)34-22(19)35-33-11-3-8-23-36(31,32)17-6-4-16(5-7-17)12-26-10-9-25(2)14-26/h4-7,9-10,14,18-23,27,29-30H,3,8,11-13H2,1-2H3/p+1/t18-,19-,20-,21-,22+/m1/s1. The molecule has 2 aromatic rings. The highest BCUT2D eigenvalue weighted by Crippen LogP contribution is 2.22. The highest BCUT2D eigenvalue weighted by Gasteiger charge is 2.46. The van der Waals surface area contributed by atoms with Gasteiger partial charge in [0.15, 0.2) is 0 Å². The smallest absolute Gasteiger partial charge is 0.243 e. The Morgan fingerprint density at radius 2 is 1.94 bits per heavy atom. The van der Waals surface area contributed by atoms with Gasteiger partial charge in [-0.1, -0.05) is 12.1 Å². The molecule has 36 heavy (non-hydrogen) atoms. The van der Waals surface area contributed by atoms with Gasteiger partial charge >= 0.3 is 0 Å². The second-order valence-electron chi connectivity index (χ2n) is 8.50. The third-order valence-corrected chi connectivity index (χ3v) is 7.01. The first kappa shape index (κ1) is 28.1. The molecule has 0 aliphatic carbocycles. The second kappa shape index (κ2) is 12.7. The number of ether oxygens (including phenoxy) is 1. The van der Waals surface area contributed by atoms with Gasteiger partial charge in [0, 0.05) is 13.5 Å². The maximum atomic E-state index is 12.5. The molecule has 14 heteroatoms. The Balaban J connectivity index is 1.43. The van der Waals surface area contributed by atoms with Gasteiger partial charge in [0.2, 0.25) is 28.5 Å². The Morgan fingerprint density at radius 1 is 1.22 bits per heavy atom. The average Bonchev–Trinajstić information content (AvgIpc) is 3.24. The molecule has 0 saturated carbocycles. The fourth-order valence-corrected chi connectivity index (χ4v) is 4.74. The number of aliphatic hydroxyl groups is 3. The topological polar surface area (TPSA) is 172 Å². The van der Waals surface area contributed by atoms with Crippen LogP contribution in [0.1, 0.15) is 18.9 Å². The molecule has 13 nitrogen and oxygen atoms in total. The van der Waals surface area contributed by atoms with Gasteiger partial charge in [-0.25, -0.2) is 32.0 Å². The zero-order valence-electron chi connectivity index (χ0n) is 20.1. The number of aliphatic hydroxyl groups excluding tert-OH is 3. The van der Waals surface area contributed by atoms with Gasteiger partial charge in [-0.15, -0.1) is 0 Å². The number of sulfonamides is 1. The van der Waals surface area contributed by atoms with Crippen molar-refractivity contribution in [3.8, 4) is 0 Å². The molecular formula is C22H33N4O9S+. The van der Waals surface area contributed by atoms with Crippen LogP contribution in [-0.4, -0.2) is 84.6 Å². The van der Waals surface area contributed by atoms with Crippen LogP contribution in [0.25, 0.3) is 0 Å². The molecule has 2 heterocycles. The minimum absolute atomic E-state index is 0.0369. The van der Waals surface area contributed by atoms with Crippen LogP contribution in [0.2, 0.25) is 0 Å². The minimum atomic E-state index is -3.72. The highest BCUT2D eigenvalue weighted by atomic mass is 32.2. The maximum absolute atomic E-state index is 12.5. The van der Waals surface area contributed by atoms with E-state index in [0.29, 0.717) is 6.54 Å². The summed E-state index contributed by atoms with van der Waals surface area (Å²) in [6, 6.07) is 5.46. The van der Waals surface area contributed by atoms with Crippen molar-refractivity contribution in [1.82, 2.24) is 14.6 Å². The lowest BCUT2D eigenvalue weighted by Crippen LogP contribution is -2.64. The van der Waals surface area contributed by atoms with E-state index < -0.39 is 53.2 Å². The lowest BCUT2D eigenvalue weighted by Gasteiger charge is -2.41. The molecule has 1 amide bonds. The van der Waals surface area contributed by atoms with Crippen LogP contribution in [0.3, 0.4) is 0 Å². The third kappa shape index (κ3) is 7.54. The number of hydrogen-bond acceptors (Lipinski definition) is 9. The van der Waals surface area contributed by atoms with E-state index in [1.165, 1.54) is 6.92 Å². The van der Waals surface area contributed by atoms with Gasteiger partial charge in [0.1, 0.15) is 43.3 Å². The molecule has 0 unspecified atom stereocenters. The molecule has 1 aromatic heterocycles. The normalized spacial score (nSPS) is 24.5. The van der Waals surface area contributed by atoms with Crippen molar-refractivity contribution in [2.45, 2.75) is 55.4 Å². The van der Waals surface area contributed by atoms with Gasteiger partial charge < -0.3 is 25.4 Å². The van der Waals surface area contributed by atoms with E-state index in [9.17, 15) is 28.5 Å². The number of carbonyl (C=O) groups is 1. The number of aromatic nitrogens is 2. The third-order valence-electron chi connectivity index (χ3n) is 5.53. The lowest BCUT2D eigenvalue weighted by molar-refractivity contribution is -0.671. The molecule has 3 rings (SSSR count). The Labute approximate surface area is 209 Å². The Kier molecular flexibility index (Phi) is 9.92. The van der Waals surface area contributed by atoms with Crippen LogP contribution in [0.4, 0.5) is 0 Å². The zero-order chi connectivity index (χ0) is 26.3. The molecule has 0 spiro atoms. The summed E-state index contributed by atoms with van der Waals surface area (Å²) >= 11 is 0. The minimum Gasteiger partial charge on any atom is -0.394 e. The predicted octanol–water partition coefficient (Wildman–Crippen LogP) is -2.08. The number of rotatable bonds is 12. The monoisotopic (exact) mass is 529 g/mol. The van der Waals surface area contributed by atoms with E-state index >= 15 is 0 Å². The van der Waals surface area contributed by atoms with Crippen LogP contribution >= 0.6 is 0 Å². The fourth-order valence-electron chi connectivity index (χ4n) is 3.67. The number of carbonyl (C=O) groups excluding carboxylic acids is 1. The fraction of sp³-hybridized carbons (Fsp3) is 0.545. The van der Waals surface area contributed by atoms with Crippen molar-refractivity contribution in [3.05, 3.63) is 48.5 Å². The Hall–Kier alpha value is -2.43. The summed E-state index contributed by atoms with van der Waals surface area (Å²) in [5.74, 6) is -0.493. The Morgan fingerprint density at radius 3 is 2.56 bits per heavy atom. The summed E-state index contributed by atoms with van der Waals surface area (Å²) in [6.07, 6.45) is 0.681. The van der Waals surface area contributed by atoms with E-state index in [2.05, 4.69) is 10.0 Å². The largest absolute Gasteiger partial charge is 0.394 e. The van der Waals surface area contributed by atoms with Crippen LogP contribution in [-0.2, 0) is 42.9 Å². The number of aryl methyl sites for hydroxylation is 1. The number of imidazole rings is 1. The maximum Gasteiger partial charge on any atom is 0.243 e. The van der Waals surface area contributed by atoms with Crippen molar-refractivity contribution >= 4 is 15.9 Å². The first-order valence-electron chi connectivity index (χ1n) is 11.4. The predicted molar refractivity (Wildman–Crippen MR) is 123 cm³/mol. The number of nitrogens with one attached hydrogen (secondary N) is 2. The molecular weight excluding hydrogens is 496 g/mol. The van der Waals surface area contributed by atoms with Crippen molar-refractivity contribution in [1.29, 1.82) is 0 Å². The van der Waals surface area contributed by atoms with Crippen LogP contribution in [0.5, 0.6) is 0 Å². The lowest BCUT2D eigenvalue weighted by atomic mass is 9.97. The number of amides is 1. The molecule has 0 bridgehead atoms. The van der Waals surface area contributed by atoms with E-state index in [-0.39, 0.29) is 24.5 Å². The summed E-state index contributed by atoms with van der Waals surface area (Å²) in [7, 11) is -1.80. The van der Waals surface area contributed by atoms with Crippen LogP contribution in [0, 0.1) is 0 Å². The van der Waals surface area contributed by atoms with Gasteiger partial charge in [-0.2, -0.15) is 0 Å². The number of hydrogen-bond donors (Lipinski definition) is 5. The van der Waals surface area contributed by atoms with Crippen molar-refractivity contribution in [2.24, 2.45) is 7.05 Å². The average molecular weight is 530 g/mol. The molecule has 1 aromatic carbocycles. The number of benzene rings is 1. The van der Waals surface area contributed by atoms with Crippen molar-refractivity contribution in [2.75, 3.05) is 19.8 Å². The van der Waals surface area contributed by atoms with Crippen LogP contribution in [0.15, 0.2) is 47.9 Å². The molecule has 5 N–H and O–H groups in total. The summed E-state index contributed by atoms with van der Waals surface area (Å²) in [6.45, 7) is 1.28. The molecule has 1 aliphatic heterocycles. The summed E-state index contributed by atoms with van der Waals surface area (Å²) in [5.41, 5.74) is 0.958. The van der Waals surface area contributed by atoms with Crippen molar-refractivity contribution in [3.63, 3.8) is 0 Å². The van der Waals surface area contributed by atoms with Gasteiger partial charge in [0.25, 0.3) is 0 Å². The number of nitrogens with zero attached hydrogens (tertiary/aromatic N) is 2. The highest BCUT2D eigenvalue weighted by molar-refractivity contribution is 7.89. The first-order chi connectivity index (χ1) is 17.1. The quantitative estimate of drug-likeness (QED) is 0.0895. The van der Waals surface area contributed by atoms with Gasteiger partial charge in [0.05, 0.1) is 25.2 Å². The molecule has 0 radical (unpaired) electrons. The van der Waals surface area contributed by atoms with E-state index in [1.807, 2.05) is 34.9 Å². The van der Waals surface area contributed by atoms with Crippen LogP contribution < -0.4 is 14.6 Å². The molecule has 1 saturated heterocycles. The summed E-state index contributed by atoms with van der Waals surface area (Å²) < 4.78 is 36.8. The zero-order valence-corrected chi connectivity index (χ0v) is 20.9. The molecule has 1 fully saturated rings. The van der Waals surface area contributed by atoms with Gasteiger partial charge in [-0.3, -0.25) is 4.79 Å².